The van der Waals surface area contributed by atoms with Crippen LogP contribution in [0.2, 0.25) is 0 Å². The SMILES string of the molecule is COc1ccc(C2CC(c3ccccc3)=NN2C(=O)CSc2nnc(Cc3ccccc3)o2)cc1. The number of hydrogen-bond donors (Lipinski definition) is 0. The van der Waals surface area contributed by atoms with E-state index in [1.165, 1.54) is 11.8 Å². The van der Waals surface area contributed by atoms with Crippen LogP contribution < -0.4 is 4.74 Å². The number of rotatable bonds is 8. The summed E-state index contributed by atoms with van der Waals surface area (Å²) in [4.78, 5) is 13.3. The largest absolute Gasteiger partial charge is 0.497 e. The lowest BCUT2D eigenvalue weighted by Crippen LogP contribution is -2.28. The zero-order valence-corrected chi connectivity index (χ0v) is 20.0. The number of carbonyl (C=O) groups excluding carboxylic acids is 1. The molecule has 3 aromatic carbocycles. The van der Waals surface area contributed by atoms with Crippen molar-refractivity contribution in [3.63, 3.8) is 0 Å². The molecule has 5 rings (SSSR count). The minimum atomic E-state index is -0.194. The van der Waals surface area contributed by atoms with Gasteiger partial charge >= 0.3 is 0 Å². The molecule has 8 heteroatoms. The molecule has 0 bridgehead atoms. The van der Waals surface area contributed by atoms with Crippen molar-refractivity contribution in [1.29, 1.82) is 0 Å². The minimum absolute atomic E-state index is 0.121. The maximum Gasteiger partial charge on any atom is 0.277 e. The Bertz CT molecular complexity index is 1310. The minimum Gasteiger partial charge on any atom is -0.497 e. The van der Waals surface area contributed by atoms with E-state index in [1.54, 1.807) is 12.1 Å². The van der Waals surface area contributed by atoms with Gasteiger partial charge in [-0.05, 0) is 28.8 Å². The van der Waals surface area contributed by atoms with Gasteiger partial charge < -0.3 is 9.15 Å². The summed E-state index contributed by atoms with van der Waals surface area (Å²) in [6.07, 6.45) is 1.19. The van der Waals surface area contributed by atoms with Crippen LogP contribution in [0.25, 0.3) is 0 Å². The molecule has 176 valence electrons. The van der Waals surface area contributed by atoms with Crippen LogP contribution in [-0.2, 0) is 11.2 Å². The van der Waals surface area contributed by atoms with Gasteiger partial charge in [-0.15, -0.1) is 10.2 Å². The summed E-state index contributed by atoms with van der Waals surface area (Å²) in [5.41, 5.74) is 3.98. The van der Waals surface area contributed by atoms with Gasteiger partial charge in [0.15, 0.2) is 0 Å². The Kier molecular flexibility index (Phi) is 6.90. The molecule has 1 aromatic heterocycles. The van der Waals surface area contributed by atoms with E-state index in [4.69, 9.17) is 14.3 Å². The molecule has 0 saturated heterocycles. The van der Waals surface area contributed by atoms with Crippen molar-refractivity contribution in [2.75, 3.05) is 12.9 Å². The first-order chi connectivity index (χ1) is 17.2. The molecule has 1 amide bonds. The van der Waals surface area contributed by atoms with E-state index in [2.05, 4.69) is 10.2 Å². The monoisotopic (exact) mass is 484 g/mol. The second-order valence-corrected chi connectivity index (χ2v) is 8.98. The summed E-state index contributed by atoms with van der Waals surface area (Å²) < 4.78 is 11.0. The third-order valence-corrected chi connectivity index (χ3v) is 6.54. The van der Waals surface area contributed by atoms with Gasteiger partial charge in [-0.3, -0.25) is 4.79 Å². The highest BCUT2D eigenvalue weighted by Crippen LogP contribution is 2.34. The molecule has 1 aliphatic heterocycles. The van der Waals surface area contributed by atoms with Gasteiger partial charge in [0.05, 0.1) is 31.0 Å². The maximum atomic E-state index is 13.3. The standard InChI is InChI=1S/C27H24N4O3S/c1-33-22-14-12-21(13-15-22)24-17-23(20-10-6-3-7-11-20)30-31(24)26(32)18-35-27-29-28-25(34-27)16-19-8-4-2-5-9-19/h2-15,24H,16-18H2,1H3. The Morgan fingerprint density at radius 3 is 2.43 bits per heavy atom. The Labute approximate surface area is 207 Å². The number of methoxy groups -OCH3 is 1. The van der Waals surface area contributed by atoms with Crippen molar-refractivity contribution in [2.45, 2.75) is 24.1 Å². The van der Waals surface area contributed by atoms with Crippen molar-refractivity contribution < 1.29 is 13.9 Å². The number of amides is 1. The molecule has 7 nitrogen and oxygen atoms in total. The quantitative estimate of drug-likeness (QED) is 0.322. The number of thioether (sulfide) groups is 1. The molecule has 35 heavy (non-hydrogen) atoms. The van der Waals surface area contributed by atoms with Crippen LogP contribution >= 0.6 is 11.8 Å². The fourth-order valence-corrected chi connectivity index (χ4v) is 4.59. The van der Waals surface area contributed by atoms with E-state index < -0.39 is 0 Å². The molecule has 0 spiro atoms. The summed E-state index contributed by atoms with van der Waals surface area (Å²) in [7, 11) is 1.64. The van der Waals surface area contributed by atoms with Crippen molar-refractivity contribution >= 4 is 23.4 Å². The van der Waals surface area contributed by atoms with Crippen LogP contribution in [0, 0.1) is 0 Å². The van der Waals surface area contributed by atoms with E-state index in [0.29, 0.717) is 24.0 Å². The maximum absolute atomic E-state index is 13.3. The lowest BCUT2D eigenvalue weighted by atomic mass is 9.98. The molecule has 0 aliphatic carbocycles. The third kappa shape index (κ3) is 5.44. The van der Waals surface area contributed by atoms with Gasteiger partial charge in [0, 0.05) is 6.42 Å². The van der Waals surface area contributed by atoms with Gasteiger partial charge in [0.1, 0.15) is 5.75 Å². The van der Waals surface area contributed by atoms with Gasteiger partial charge in [0.2, 0.25) is 5.89 Å². The molecule has 0 saturated carbocycles. The Balaban J connectivity index is 1.30. The average Bonchev–Trinajstić information content (AvgIpc) is 3.56. The highest BCUT2D eigenvalue weighted by Gasteiger charge is 2.33. The molecular weight excluding hydrogens is 460 g/mol. The lowest BCUT2D eigenvalue weighted by Gasteiger charge is -2.22. The van der Waals surface area contributed by atoms with Crippen LogP contribution in [0.5, 0.6) is 5.75 Å². The van der Waals surface area contributed by atoms with E-state index >= 15 is 0 Å². The number of hydrogen-bond acceptors (Lipinski definition) is 7. The molecule has 0 N–H and O–H groups in total. The Morgan fingerprint density at radius 1 is 1.00 bits per heavy atom. The summed E-state index contributed by atoms with van der Waals surface area (Å²) >= 11 is 1.23. The van der Waals surface area contributed by atoms with Gasteiger partial charge in [0.25, 0.3) is 11.1 Å². The summed E-state index contributed by atoms with van der Waals surface area (Å²) in [6.45, 7) is 0. The van der Waals surface area contributed by atoms with E-state index in [1.807, 2.05) is 84.9 Å². The second-order valence-electron chi connectivity index (χ2n) is 8.06. The van der Waals surface area contributed by atoms with Crippen LogP contribution in [0.4, 0.5) is 0 Å². The first-order valence-electron chi connectivity index (χ1n) is 11.3. The Hall–Kier alpha value is -3.91. The number of ether oxygens (including phenoxy) is 1. The van der Waals surface area contributed by atoms with Crippen LogP contribution in [-0.4, -0.2) is 39.7 Å². The van der Waals surface area contributed by atoms with E-state index in [-0.39, 0.29) is 17.7 Å². The topological polar surface area (TPSA) is 80.8 Å². The van der Waals surface area contributed by atoms with Crippen molar-refractivity contribution in [3.05, 3.63) is 108 Å². The molecule has 4 aromatic rings. The van der Waals surface area contributed by atoms with Crippen molar-refractivity contribution in [1.82, 2.24) is 15.2 Å². The summed E-state index contributed by atoms with van der Waals surface area (Å²) in [6, 6.07) is 27.4. The van der Waals surface area contributed by atoms with Crippen LogP contribution in [0.3, 0.4) is 0 Å². The fraction of sp³-hybridized carbons (Fsp3) is 0.185. The van der Waals surface area contributed by atoms with E-state index in [9.17, 15) is 4.79 Å². The summed E-state index contributed by atoms with van der Waals surface area (Å²) in [5.74, 6) is 1.31. The molecule has 1 unspecified atom stereocenters. The second kappa shape index (κ2) is 10.6. The zero-order chi connectivity index (χ0) is 24.0. The van der Waals surface area contributed by atoms with Gasteiger partial charge in [-0.2, -0.15) is 5.10 Å². The molecule has 1 atom stereocenters. The summed E-state index contributed by atoms with van der Waals surface area (Å²) in [5, 5.41) is 14.9. The van der Waals surface area contributed by atoms with Crippen molar-refractivity contribution in [3.8, 4) is 5.75 Å². The molecular formula is C27H24N4O3S. The third-order valence-electron chi connectivity index (χ3n) is 5.74. The smallest absolute Gasteiger partial charge is 0.277 e. The predicted octanol–water partition coefficient (Wildman–Crippen LogP) is 5.14. The number of aromatic nitrogens is 2. The average molecular weight is 485 g/mol. The highest BCUT2D eigenvalue weighted by molar-refractivity contribution is 7.99. The number of carbonyl (C=O) groups is 1. The van der Waals surface area contributed by atoms with Gasteiger partial charge in [-0.25, -0.2) is 5.01 Å². The van der Waals surface area contributed by atoms with Crippen LogP contribution in [0.1, 0.15) is 35.0 Å². The number of nitrogens with zero attached hydrogens (tertiary/aromatic N) is 4. The number of hydrazone groups is 1. The first kappa shape index (κ1) is 22.9. The van der Waals surface area contributed by atoms with Gasteiger partial charge in [-0.1, -0.05) is 84.6 Å². The fourth-order valence-electron chi connectivity index (χ4n) is 3.96. The zero-order valence-electron chi connectivity index (χ0n) is 19.2. The normalized spacial score (nSPS) is 15.2. The molecule has 0 fully saturated rings. The van der Waals surface area contributed by atoms with Crippen molar-refractivity contribution in [2.24, 2.45) is 5.10 Å². The molecule has 1 aliphatic rings. The predicted molar refractivity (Wildman–Crippen MR) is 134 cm³/mol. The van der Waals surface area contributed by atoms with E-state index in [0.717, 1.165) is 28.2 Å². The first-order valence-corrected chi connectivity index (χ1v) is 12.3. The van der Waals surface area contributed by atoms with Crippen LogP contribution in [0.15, 0.2) is 99.7 Å². The lowest BCUT2D eigenvalue weighted by molar-refractivity contribution is -0.130. The molecule has 0 radical (unpaired) electrons. The number of benzene rings is 3. The Morgan fingerprint density at radius 2 is 1.71 bits per heavy atom. The molecule has 2 heterocycles. The highest BCUT2D eigenvalue weighted by atomic mass is 32.2.